The second-order valence-corrected chi connectivity index (χ2v) is 4.46. The Bertz CT molecular complexity index is 701. The van der Waals surface area contributed by atoms with Gasteiger partial charge < -0.3 is 20.7 Å². The molecular formula is C10H12FN5O4. The van der Waals surface area contributed by atoms with Gasteiger partial charge in [0, 0.05) is 0 Å². The second-order valence-electron chi connectivity index (χ2n) is 4.46. The molecule has 20 heavy (non-hydrogen) atoms. The van der Waals surface area contributed by atoms with Gasteiger partial charge in [0.15, 0.2) is 23.6 Å². The molecule has 2 aromatic heterocycles. The molecule has 0 aliphatic carbocycles. The zero-order chi connectivity index (χ0) is 14.4. The van der Waals surface area contributed by atoms with Gasteiger partial charge in [-0.2, -0.15) is 4.98 Å². The Morgan fingerprint density at radius 2 is 2.35 bits per heavy atom. The summed E-state index contributed by atoms with van der Waals surface area (Å²) in [7, 11) is 0. The van der Waals surface area contributed by atoms with E-state index in [1.807, 2.05) is 0 Å². The summed E-state index contributed by atoms with van der Waals surface area (Å²) in [5.41, 5.74) is 4.91. The molecule has 0 spiro atoms. The van der Waals surface area contributed by atoms with Crippen molar-refractivity contribution in [2.45, 2.75) is 24.6 Å². The first-order chi connectivity index (χ1) is 9.52. The molecule has 0 bridgehead atoms. The molecule has 1 aliphatic heterocycles. The molecule has 2 aromatic rings. The number of hydrogen-bond donors (Lipinski definition) is 4. The van der Waals surface area contributed by atoms with E-state index in [2.05, 4.69) is 15.0 Å². The minimum Gasteiger partial charge on any atom is -0.394 e. The normalized spacial score (nSPS) is 30.1. The fraction of sp³-hybridized carbons (Fsp3) is 0.500. The fourth-order valence-electron chi connectivity index (χ4n) is 2.21. The van der Waals surface area contributed by atoms with Crippen LogP contribution in [0.4, 0.5) is 10.3 Å². The van der Waals surface area contributed by atoms with Crippen molar-refractivity contribution in [1.82, 2.24) is 19.5 Å². The number of halogens is 1. The van der Waals surface area contributed by atoms with Crippen LogP contribution >= 0.6 is 0 Å². The lowest BCUT2D eigenvalue weighted by Crippen LogP contribution is -2.30. The minimum atomic E-state index is -1.79. The number of aliphatic hydroxyl groups is 2. The Morgan fingerprint density at radius 3 is 3.00 bits per heavy atom. The summed E-state index contributed by atoms with van der Waals surface area (Å²) in [5.74, 6) is -0.142. The molecule has 5 N–H and O–H groups in total. The zero-order valence-corrected chi connectivity index (χ0v) is 10.1. The highest BCUT2D eigenvalue weighted by atomic mass is 19.1. The van der Waals surface area contributed by atoms with E-state index >= 15 is 0 Å². The smallest absolute Gasteiger partial charge is 0.280 e. The van der Waals surface area contributed by atoms with Crippen LogP contribution in [0.3, 0.4) is 0 Å². The number of aromatic amines is 1. The highest BCUT2D eigenvalue weighted by molar-refractivity contribution is 5.70. The van der Waals surface area contributed by atoms with E-state index in [4.69, 9.17) is 15.6 Å². The Hall–Kier alpha value is -2.04. The third kappa shape index (κ3) is 1.77. The van der Waals surface area contributed by atoms with Gasteiger partial charge in [-0.1, -0.05) is 0 Å². The molecule has 3 rings (SSSR count). The van der Waals surface area contributed by atoms with Crippen LogP contribution in [0.25, 0.3) is 11.2 Å². The third-order valence-electron chi connectivity index (χ3n) is 3.20. The van der Waals surface area contributed by atoms with E-state index in [9.17, 15) is 14.3 Å². The minimum absolute atomic E-state index is 0.0167. The van der Waals surface area contributed by atoms with Crippen molar-refractivity contribution < 1.29 is 19.3 Å². The lowest BCUT2D eigenvalue weighted by atomic mass is 10.1. The van der Waals surface area contributed by atoms with Gasteiger partial charge in [0.1, 0.15) is 12.2 Å². The lowest BCUT2D eigenvalue weighted by molar-refractivity contribution is -0.0459. The number of hydrogen-bond acceptors (Lipinski definition) is 7. The molecule has 1 unspecified atom stereocenters. The fourth-order valence-corrected chi connectivity index (χ4v) is 2.21. The maximum Gasteiger partial charge on any atom is 0.280 e. The van der Waals surface area contributed by atoms with E-state index in [-0.39, 0.29) is 17.1 Å². The quantitative estimate of drug-likeness (QED) is 0.515. The largest absolute Gasteiger partial charge is 0.394 e. The monoisotopic (exact) mass is 285 g/mol. The highest BCUT2D eigenvalue weighted by Crippen LogP contribution is 2.32. The van der Waals surface area contributed by atoms with Crippen molar-refractivity contribution in [2.75, 3.05) is 12.3 Å². The lowest BCUT2D eigenvalue weighted by Gasteiger charge is -2.14. The molecule has 1 saturated heterocycles. The number of anilines is 1. The number of nitrogen functional groups attached to an aromatic ring is 1. The van der Waals surface area contributed by atoms with Crippen molar-refractivity contribution >= 4 is 17.1 Å². The topological polar surface area (TPSA) is 139 Å². The van der Waals surface area contributed by atoms with E-state index in [0.29, 0.717) is 0 Å². The van der Waals surface area contributed by atoms with Crippen LogP contribution < -0.4 is 11.3 Å². The summed E-state index contributed by atoms with van der Waals surface area (Å²) in [4.78, 5) is 21.6. The molecule has 0 aromatic carbocycles. The number of rotatable bonds is 2. The van der Waals surface area contributed by atoms with Gasteiger partial charge in [-0.05, 0) is 0 Å². The first-order valence-corrected chi connectivity index (χ1v) is 5.83. The van der Waals surface area contributed by atoms with Crippen LogP contribution in [0, 0.1) is 0 Å². The summed E-state index contributed by atoms with van der Waals surface area (Å²) in [6.45, 7) is -0.527. The molecule has 0 radical (unpaired) electrons. The van der Waals surface area contributed by atoms with E-state index in [1.165, 1.54) is 10.9 Å². The van der Waals surface area contributed by atoms with Gasteiger partial charge in [-0.3, -0.25) is 14.3 Å². The number of nitrogens with two attached hydrogens (primary N) is 1. The molecule has 4 atom stereocenters. The number of H-pyrrole nitrogens is 1. The van der Waals surface area contributed by atoms with Gasteiger partial charge in [-0.15, -0.1) is 0 Å². The van der Waals surface area contributed by atoms with Crippen LogP contribution in [-0.4, -0.2) is 54.7 Å². The Labute approximate surface area is 110 Å². The maximum absolute atomic E-state index is 14.0. The molecule has 1 aliphatic rings. The maximum atomic E-state index is 14.0. The molecular weight excluding hydrogens is 273 g/mol. The van der Waals surface area contributed by atoms with Crippen molar-refractivity contribution in [3.8, 4) is 0 Å². The van der Waals surface area contributed by atoms with Crippen LogP contribution in [0.5, 0.6) is 0 Å². The molecule has 108 valence electrons. The van der Waals surface area contributed by atoms with Crippen molar-refractivity contribution in [3.63, 3.8) is 0 Å². The van der Waals surface area contributed by atoms with E-state index in [0.717, 1.165) is 0 Å². The highest BCUT2D eigenvalue weighted by Gasteiger charge is 2.45. The Balaban J connectivity index is 2.09. The number of aliphatic hydroxyl groups excluding tert-OH is 2. The summed E-state index contributed by atoms with van der Waals surface area (Å²) in [6.07, 6.45) is -4.36. The number of nitrogens with one attached hydrogen (secondary N) is 1. The number of fused-ring (bicyclic) bond motifs is 1. The third-order valence-corrected chi connectivity index (χ3v) is 3.20. The summed E-state index contributed by atoms with van der Waals surface area (Å²) in [5, 5.41) is 18.6. The van der Waals surface area contributed by atoms with Crippen LogP contribution in [0.1, 0.15) is 6.23 Å². The first-order valence-electron chi connectivity index (χ1n) is 5.83. The summed E-state index contributed by atoms with van der Waals surface area (Å²) >= 11 is 0. The van der Waals surface area contributed by atoms with Crippen LogP contribution in [0.15, 0.2) is 11.1 Å². The predicted octanol–water partition coefficient (Wildman–Crippen LogP) is -1.71. The molecule has 3 heterocycles. The zero-order valence-electron chi connectivity index (χ0n) is 10.1. The number of nitrogens with zero attached hydrogens (tertiary/aromatic N) is 3. The molecule has 10 heteroatoms. The number of ether oxygens (including phenoxy) is 1. The van der Waals surface area contributed by atoms with E-state index < -0.39 is 36.8 Å². The van der Waals surface area contributed by atoms with Gasteiger partial charge in [0.05, 0.1) is 12.9 Å². The number of aromatic nitrogens is 4. The second kappa shape index (κ2) is 4.51. The number of alkyl halides is 1. The van der Waals surface area contributed by atoms with E-state index in [1.54, 1.807) is 0 Å². The van der Waals surface area contributed by atoms with Gasteiger partial charge in [0.25, 0.3) is 5.56 Å². The Morgan fingerprint density at radius 1 is 1.60 bits per heavy atom. The van der Waals surface area contributed by atoms with Gasteiger partial charge >= 0.3 is 0 Å². The standard InChI is InChI=1S/C10H12FN5O4/c11-4-6(18)3(1-17)20-9(4)16-2-13-5-7(16)14-10(12)15-8(5)19/h2-4,6,9,17-18H,1H2,(H3,12,14,15,19)/t3-,4-,6-,9?/m1/s1. The van der Waals surface area contributed by atoms with Crippen molar-refractivity contribution in [3.05, 3.63) is 16.7 Å². The number of imidazole rings is 1. The average molecular weight is 285 g/mol. The average Bonchev–Trinajstić information content (AvgIpc) is 2.93. The SMILES string of the molecule is Nc1nc2c(ncn2C2O[C@H](CO)[C@@H](O)[C@H]2F)c(=O)[nH]1. The first kappa shape index (κ1) is 13.0. The molecule has 1 fully saturated rings. The van der Waals surface area contributed by atoms with Crippen LogP contribution in [-0.2, 0) is 4.74 Å². The molecule has 9 nitrogen and oxygen atoms in total. The summed E-state index contributed by atoms with van der Waals surface area (Å²) < 4.78 is 20.4. The van der Waals surface area contributed by atoms with Crippen molar-refractivity contribution in [2.24, 2.45) is 0 Å². The molecule has 0 amide bonds. The molecule has 0 saturated carbocycles. The van der Waals surface area contributed by atoms with Crippen molar-refractivity contribution in [1.29, 1.82) is 0 Å². The van der Waals surface area contributed by atoms with Crippen LogP contribution in [0.2, 0.25) is 0 Å². The Kier molecular flexibility index (Phi) is 2.92. The predicted molar refractivity (Wildman–Crippen MR) is 64.5 cm³/mol. The summed E-state index contributed by atoms with van der Waals surface area (Å²) in [6, 6.07) is 0. The van der Waals surface area contributed by atoms with Gasteiger partial charge in [-0.25, -0.2) is 9.37 Å². The van der Waals surface area contributed by atoms with Gasteiger partial charge in [0.2, 0.25) is 5.95 Å².